The Labute approximate surface area is 181 Å². The SMILES string of the molecule is CC.COc1ccc(C2=C(C(=O)NCCCc3ccccc3)N2O)cc1C.[W]. The van der Waals surface area contributed by atoms with Crippen LogP contribution in [0.5, 0.6) is 5.75 Å². The van der Waals surface area contributed by atoms with Crippen LogP contribution in [0.2, 0.25) is 0 Å². The molecule has 1 aliphatic heterocycles. The Balaban J connectivity index is 0.00000127. The normalized spacial score (nSPS) is 11.8. The Kier molecular flexibility index (Phi) is 9.98. The Morgan fingerprint density at radius 1 is 1.14 bits per heavy atom. The van der Waals surface area contributed by atoms with Crippen LogP contribution in [0.1, 0.15) is 37.0 Å². The minimum atomic E-state index is -0.251. The number of nitrogens with zero attached hydrogens (tertiary/aromatic N) is 1. The first kappa shape index (κ1) is 23.9. The molecule has 1 heterocycles. The van der Waals surface area contributed by atoms with Crippen LogP contribution in [-0.2, 0) is 32.3 Å². The van der Waals surface area contributed by atoms with Crippen LogP contribution < -0.4 is 10.1 Å². The van der Waals surface area contributed by atoms with Gasteiger partial charge in [-0.15, -0.1) is 0 Å². The van der Waals surface area contributed by atoms with Gasteiger partial charge in [-0.05, 0) is 49.1 Å². The fourth-order valence-electron chi connectivity index (χ4n) is 2.87. The van der Waals surface area contributed by atoms with Gasteiger partial charge in [-0.25, -0.2) is 5.06 Å². The number of benzene rings is 2. The third kappa shape index (κ3) is 5.95. The molecule has 150 valence electrons. The van der Waals surface area contributed by atoms with E-state index in [1.54, 1.807) is 7.11 Å². The number of carbonyl (C=O) groups is 1. The Morgan fingerprint density at radius 3 is 2.43 bits per heavy atom. The molecule has 1 amide bonds. The van der Waals surface area contributed by atoms with Crippen molar-refractivity contribution in [3.8, 4) is 5.75 Å². The van der Waals surface area contributed by atoms with Crippen molar-refractivity contribution in [3.63, 3.8) is 0 Å². The maximum absolute atomic E-state index is 12.2. The van der Waals surface area contributed by atoms with Crippen LogP contribution in [0.4, 0.5) is 0 Å². The van der Waals surface area contributed by atoms with Crippen LogP contribution in [-0.4, -0.2) is 29.8 Å². The number of ether oxygens (including phenoxy) is 1. The van der Waals surface area contributed by atoms with E-state index < -0.39 is 0 Å². The molecule has 0 aromatic heterocycles. The molecule has 1 aliphatic rings. The van der Waals surface area contributed by atoms with E-state index in [0.717, 1.165) is 34.8 Å². The van der Waals surface area contributed by atoms with Crippen LogP contribution in [0.15, 0.2) is 54.2 Å². The quantitative estimate of drug-likeness (QED) is 0.507. The molecule has 0 bridgehead atoms. The van der Waals surface area contributed by atoms with Gasteiger partial charge in [-0.1, -0.05) is 44.2 Å². The molecule has 0 aliphatic carbocycles. The second-order valence-corrected chi connectivity index (χ2v) is 6.04. The first-order valence-electron chi connectivity index (χ1n) is 9.32. The summed E-state index contributed by atoms with van der Waals surface area (Å²) in [5.41, 5.74) is 3.86. The van der Waals surface area contributed by atoms with Crippen molar-refractivity contribution >= 4 is 11.6 Å². The van der Waals surface area contributed by atoms with Crippen LogP contribution in [0.25, 0.3) is 5.70 Å². The van der Waals surface area contributed by atoms with E-state index in [0.29, 0.717) is 17.9 Å². The minimum Gasteiger partial charge on any atom is -0.496 e. The first-order valence-corrected chi connectivity index (χ1v) is 9.32. The number of aryl methyl sites for hydroxylation is 2. The van der Waals surface area contributed by atoms with Crippen molar-refractivity contribution in [2.45, 2.75) is 33.6 Å². The largest absolute Gasteiger partial charge is 0.496 e. The van der Waals surface area contributed by atoms with E-state index in [1.165, 1.54) is 5.56 Å². The van der Waals surface area contributed by atoms with Gasteiger partial charge in [0.15, 0.2) is 5.70 Å². The molecule has 0 saturated carbocycles. The van der Waals surface area contributed by atoms with Crippen LogP contribution >= 0.6 is 0 Å². The molecule has 2 N–H and O–H groups in total. The zero-order valence-corrected chi connectivity index (χ0v) is 19.8. The second-order valence-electron chi connectivity index (χ2n) is 6.04. The number of hydrogen-bond acceptors (Lipinski definition) is 4. The summed E-state index contributed by atoms with van der Waals surface area (Å²) in [6.07, 6.45) is 1.76. The summed E-state index contributed by atoms with van der Waals surface area (Å²) >= 11 is 0. The molecule has 0 spiro atoms. The molecule has 0 fully saturated rings. The Morgan fingerprint density at radius 2 is 1.82 bits per heavy atom. The molecular formula is C22H28N2O3W. The van der Waals surface area contributed by atoms with Gasteiger partial charge in [-0.2, -0.15) is 0 Å². The van der Waals surface area contributed by atoms with Gasteiger partial charge >= 0.3 is 0 Å². The van der Waals surface area contributed by atoms with E-state index in [2.05, 4.69) is 17.4 Å². The smallest absolute Gasteiger partial charge is 0.272 e. The van der Waals surface area contributed by atoms with E-state index in [9.17, 15) is 10.0 Å². The fourth-order valence-corrected chi connectivity index (χ4v) is 2.87. The zero-order valence-electron chi connectivity index (χ0n) is 16.9. The van der Waals surface area contributed by atoms with E-state index in [-0.39, 0.29) is 27.0 Å². The van der Waals surface area contributed by atoms with Gasteiger partial charge in [0.05, 0.1) is 7.11 Å². The molecule has 2 aromatic rings. The van der Waals surface area contributed by atoms with Crippen LogP contribution in [0.3, 0.4) is 0 Å². The van der Waals surface area contributed by atoms with Crippen molar-refractivity contribution in [1.82, 2.24) is 10.4 Å². The summed E-state index contributed by atoms with van der Waals surface area (Å²) < 4.78 is 5.23. The van der Waals surface area contributed by atoms with Gasteiger partial charge in [0.2, 0.25) is 0 Å². The van der Waals surface area contributed by atoms with E-state index in [1.807, 2.05) is 57.2 Å². The average Bonchev–Trinajstić information content (AvgIpc) is 3.38. The Bertz CT molecular complexity index is 807. The standard InChI is InChI=1S/C20H22N2O3.C2H6.W/c1-14-13-16(10-11-17(14)25-2)18-19(22(18)24)20(23)21-12-6-9-15-7-4-3-5-8-15;1-2;/h3-5,7-8,10-11,13,24H,6,9,12H2,1-2H3,(H,21,23);1-2H3;. The molecule has 0 radical (unpaired) electrons. The van der Waals surface area contributed by atoms with Gasteiger partial charge in [0.25, 0.3) is 5.91 Å². The molecule has 3 rings (SSSR count). The summed E-state index contributed by atoms with van der Waals surface area (Å²) in [5.74, 6) is 0.528. The second kappa shape index (κ2) is 11.7. The zero-order chi connectivity index (χ0) is 19.8. The average molecular weight is 552 g/mol. The summed E-state index contributed by atoms with van der Waals surface area (Å²) in [6, 6.07) is 15.7. The van der Waals surface area contributed by atoms with Crippen molar-refractivity contribution in [1.29, 1.82) is 0 Å². The summed E-state index contributed by atoms with van der Waals surface area (Å²) in [6.45, 7) is 6.50. The third-order valence-corrected chi connectivity index (χ3v) is 4.25. The fraction of sp³-hybridized carbons (Fsp3) is 0.318. The predicted octanol–water partition coefficient (Wildman–Crippen LogP) is 4.15. The third-order valence-electron chi connectivity index (χ3n) is 4.25. The Hall–Kier alpha value is -2.10. The van der Waals surface area contributed by atoms with Crippen LogP contribution in [0, 0.1) is 6.92 Å². The summed E-state index contributed by atoms with van der Waals surface area (Å²) in [5, 5.41) is 13.7. The molecule has 28 heavy (non-hydrogen) atoms. The molecule has 6 heteroatoms. The van der Waals surface area contributed by atoms with Crippen molar-refractivity contribution in [2.75, 3.05) is 13.7 Å². The number of rotatable bonds is 7. The summed E-state index contributed by atoms with van der Waals surface area (Å²) in [4.78, 5) is 12.2. The number of carbonyl (C=O) groups excluding carboxylic acids is 1. The maximum Gasteiger partial charge on any atom is 0.272 e. The molecule has 5 nitrogen and oxygen atoms in total. The maximum atomic E-state index is 12.2. The van der Waals surface area contributed by atoms with Gasteiger partial charge in [0.1, 0.15) is 11.4 Å². The molecule has 0 saturated heterocycles. The number of hydroxylamine groups is 2. The predicted molar refractivity (Wildman–Crippen MR) is 107 cm³/mol. The van der Waals surface area contributed by atoms with Gasteiger partial charge in [-0.3, -0.25) is 10.0 Å². The van der Waals surface area contributed by atoms with Gasteiger partial charge in [0, 0.05) is 33.2 Å². The number of hydrogen-bond donors (Lipinski definition) is 2. The first-order chi connectivity index (χ1) is 13.1. The molecular weight excluding hydrogens is 524 g/mol. The van der Waals surface area contributed by atoms with E-state index in [4.69, 9.17) is 4.74 Å². The monoisotopic (exact) mass is 552 g/mol. The molecule has 2 aromatic carbocycles. The van der Waals surface area contributed by atoms with Crippen molar-refractivity contribution in [3.05, 3.63) is 70.9 Å². The number of amides is 1. The van der Waals surface area contributed by atoms with Gasteiger partial charge < -0.3 is 10.1 Å². The number of nitrogens with one attached hydrogen (secondary N) is 1. The van der Waals surface area contributed by atoms with Crippen molar-refractivity contribution in [2.24, 2.45) is 0 Å². The topological polar surface area (TPSA) is 61.6 Å². The molecule has 0 atom stereocenters. The van der Waals surface area contributed by atoms with Crippen molar-refractivity contribution < 1.29 is 35.8 Å². The number of methoxy groups -OCH3 is 1. The summed E-state index contributed by atoms with van der Waals surface area (Å²) in [7, 11) is 1.62. The minimum absolute atomic E-state index is 0. The molecule has 0 unspecified atom stereocenters. The van der Waals surface area contributed by atoms with E-state index >= 15 is 0 Å².